The molecule has 4 aromatic rings. The van der Waals surface area contributed by atoms with Crippen molar-refractivity contribution in [3.63, 3.8) is 0 Å². The molecule has 0 saturated heterocycles. The third-order valence-corrected chi connectivity index (χ3v) is 6.80. The van der Waals surface area contributed by atoms with E-state index in [-0.39, 0.29) is 23.8 Å². The van der Waals surface area contributed by atoms with Gasteiger partial charge < -0.3 is 4.90 Å². The lowest BCUT2D eigenvalue weighted by atomic mass is 10.2. The molecule has 0 saturated carbocycles. The average molecular weight is 474 g/mol. The van der Waals surface area contributed by atoms with Crippen LogP contribution in [-0.4, -0.2) is 28.3 Å². The monoisotopic (exact) mass is 473 g/mol. The largest absolute Gasteiger partial charge is 0.315 e. The van der Waals surface area contributed by atoms with Crippen molar-refractivity contribution < 1.29 is 9.18 Å². The molecule has 4 rings (SSSR count). The second-order valence-corrected chi connectivity index (χ2v) is 9.03. The number of aromatic nitrogens is 2. The van der Waals surface area contributed by atoms with Gasteiger partial charge in [0.05, 0.1) is 17.8 Å². The highest BCUT2D eigenvalue weighted by Crippen LogP contribution is 2.24. The minimum atomic E-state index is -0.395. The van der Waals surface area contributed by atoms with Crippen molar-refractivity contribution >= 4 is 56.5 Å². The lowest BCUT2D eigenvalue weighted by Gasteiger charge is -2.18. The van der Waals surface area contributed by atoms with E-state index in [1.165, 1.54) is 26.9 Å². The van der Waals surface area contributed by atoms with E-state index in [2.05, 4.69) is 4.98 Å². The molecule has 5 nitrogen and oxygen atoms in total. The van der Waals surface area contributed by atoms with Crippen LogP contribution in [0.1, 0.15) is 5.56 Å². The van der Waals surface area contributed by atoms with E-state index in [4.69, 9.17) is 11.6 Å². The van der Waals surface area contributed by atoms with Crippen LogP contribution in [0.5, 0.6) is 0 Å². The Labute approximate surface area is 191 Å². The van der Waals surface area contributed by atoms with Crippen LogP contribution >= 0.6 is 34.7 Å². The Morgan fingerprint density at radius 3 is 2.81 bits per heavy atom. The molecule has 0 N–H and O–H groups in total. The van der Waals surface area contributed by atoms with Crippen molar-refractivity contribution in [1.82, 2.24) is 9.55 Å². The minimum absolute atomic E-state index is 0.0347. The molecule has 0 aliphatic heterocycles. The summed E-state index contributed by atoms with van der Waals surface area (Å²) in [5.41, 5.74) is 1.37. The molecular formula is C22H17ClFN3O2S2. The molecule has 1 amide bonds. The van der Waals surface area contributed by atoms with Crippen LogP contribution < -0.4 is 10.5 Å². The van der Waals surface area contributed by atoms with E-state index in [1.54, 1.807) is 61.0 Å². The van der Waals surface area contributed by atoms with Crippen LogP contribution in [0.15, 0.2) is 69.9 Å². The summed E-state index contributed by atoms with van der Waals surface area (Å²) in [5, 5.41) is 2.69. The predicted molar refractivity (Wildman–Crippen MR) is 125 cm³/mol. The zero-order valence-electron chi connectivity index (χ0n) is 16.4. The SMILES string of the molecule is CN(C(=O)CSc1nc2ccsc2c(=O)n1Cc1ccccc1F)c1cccc(Cl)c1. The number of benzene rings is 2. The number of hydrogen-bond donors (Lipinski definition) is 0. The first-order valence-corrected chi connectivity index (χ1v) is 11.5. The van der Waals surface area contributed by atoms with Crippen molar-refractivity contribution in [3.05, 3.63) is 86.7 Å². The summed E-state index contributed by atoms with van der Waals surface area (Å²) in [4.78, 5) is 31.9. The number of amides is 1. The molecule has 2 heterocycles. The Kier molecular flexibility index (Phi) is 6.41. The molecule has 158 valence electrons. The fourth-order valence-corrected chi connectivity index (χ4v) is 4.90. The fourth-order valence-electron chi connectivity index (χ4n) is 3.02. The third kappa shape index (κ3) is 4.66. The number of carbonyl (C=O) groups is 1. The maximum absolute atomic E-state index is 14.2. The number of hydrogen-bond acceptors (Lipinski definition) is 5. The Bertz CT molecular complexity index is 1320. The highest BCUT2D eigenvalue weighted by molar-refractivity contribution is 7.99. The van der Waals surface area contributed by atoms with Crippen molar-refractivity contribution in [3.8, 4) is 0 Å². The van der Waals surface area contributed by atoms with Crippen LogP contribution in [0.4, 0.5) is 10.1 Å². The Morgan fingerprint density at radius 2 is 2.03 bits per heavy atom. The van der Waals surface area contributed by atoms with Gasteiger partial charge in [0.15, 0.2) is 5.16 Å². The number of thiophene rings is 1. The second-order valence-electron chi connectivity index (χ2n) is 6.73. The average Bonchev–Trinajstić information content (AvgIpc) is 3.24. The van der Waals surface area contributed by atoms with Crippen molar-refractivity contribution in [2.24, 2.45) is 0 Å². The molecular weight excluding hydrogens is 457 g/mol. The van der Waals surface area contributed by atoms with E-state index >= 15 is 0 Å². The topological polar surface area (TPSA) is 55.2 Å². The maximum Gasteiger partial charge on any atom is 0.272 e. The molecule has 2 aromatic carbocycles. The Balaban J connectivity index is 1.63. The van der Waals surface area contributed by atoms with Gasteiger partial charge in [0.1, 0.15) is 10.5 Å². The lowest BCUT2D eigenvalue weighted by molar-refractivity contribution is -0.115. The summed E-state index contributed by atoms with van der Waals surface area (Å²) in [5.74, 6) is -0.514. The van der Waals surface area contributed by atoms with Gasteiger partial charge in [0.25, 0.3) is 5.56 Å². The Morgan fingerprint density at radius 1 is 1.23 bits per heavy atom. The molecule has 0 aliphatic rings. The van der Waals surface area contributed by atoms with Crippen molar-refractivity contribution in [2.45, 2.75) is 11.7 Å². The summed E-state index contributed by atoms with van der Waals surface area (Å²) < 4.78 is 16.1. The summed E-state index contributed by atoms with van der Waals surface area (Å²) >= 11 is 8.46. The van der Waals surface area contributed by atoms with Crippen molar-refractivity contribution in [2.75, 3.05) is 17.7 Å². The molecule has 0 aliphatic carbocycles. The van der Waals surface area contributed by atoms with E-state index in [1.807, 2.05) is 0 Å². The smallest absolute Gasteiger partial charge is 0.272 e. The molecule has 0 radical (unpaired) electrons. The van der Waals surface area contributed by atoms with E-state index in [0.29, 0.717) is 31.6 Å². The first kappa shape index (κ1) is 21.5. The van der Waals surface area contributed by atoms with Gasteiger partial charge in [0, 0.05) is 23.3 Å². The molecule has 0 spiro atoms. The molecule has 9 heteroatoms. The van der Waals surface area contributed by atoms with Gasteiger partial charge in [-0.05, 0) is 35.7 Å². The Hall–Kier alpha value is -2.68. The molecule has 31 heavy (non-hydrogen) atoms. The lowest BCUT2D eigenvalue weighted by Crippen LogP contribution is -2.29. The standard InChI is InChI=1S/C22H17ClFN3O2S2/c1-26(16-7-4-6-15(23)11-16)19(28)13-31-22-25-18-9-10-30-20(18)21(29)27(22)12-14-5-2-3-8-17(14)24/h2-11H,12-13H2,1H3. The second kappa shape index (κ2) is 9.21. The summed E-state index contributed by atoms with van der Waals surface area (Å²) in [6.07, 6.45) is 0. The van der Waals surface area contributed by atoms with Gasteiger partial charge in [-0.2, -0.15) is 0 Å². The summed E-state index contributed by atoms with van der Waals surface area (Å²) in [7, 11) is 1.66. The number of anilines is 1. The van der Waals surface area contributed by atoms with E-state index in [0.717, 1.165) is 11.8 Å². The first-order chi connectivity index (χ1) is 14.9. The third-order valence-electron chi connectivity index (χ3n) is 4.71. The van der Waals surface area contributed by atoms with Gasteiger partial charge in [-0.25, -0.2) is 9.37 Å². The zero-order chi connectivity index (χ0) is 22.0. The number of carbonyl (C=O) groups excluding carboxylic acids is 1. The minimum Gasteiger partial charge on any atom is -0.315 e. The van der Waals surface area contributed by atoms with E-state index < -0.39 is 5.82 Å². The number of thioether (sulfide) groups is 1. The number of rotatable bonds is 6. The van der Waals surface area contributed by atoms with Gasteiger partial charge >= 0.3 is 0 Å². The summed E-state index contributed by atoms with van der Waals surface area (Å²) in [6.45, 7) is 0.0347. The van der Waals surface area contributed by atoms with Crippen molar-refractivity contribution in [1.29, 1.82) is 0 Å². The predicted octanol–water partition coefficient (Wildman–Crippen LogP) is 5.05. The van der Waals surface area contributed by atoms with E-state index in [9.17, 15) is 14.0 Å². The number of halogens is 2. The van der Waals surface area contributed by atoms with Crippen LogP contribution in [0.2, 0.25) is 5.02 Å². The van der Waals surface area contributed by atoms with Crippen LogP contribution in [-0.2, 0) is 11.3 Å². The molecule has 0 atom stereocenters. The maximum atomic E-state index is 14.2. The van der Waals surface area contributed by atoms with Crippen LogP contribution in [0.3, 0.4) is 0 Å². The van der Waals surface area contributed by atoms with Crippen LogP contribution in [0.25, 0.3) is 10.2 Å². The number of fused-ring (bicyclic) bond motifs is 1. The van der Waals surface area contributed by atoms with Gasteiger partial charge in [-0.3, -0.25) is 14.2 Å². The molecule has 2 aromatic heterocycles. The quantitative estimate of drug-likeness (QED) is 0.290. The summed E-state index contributed by atoms with van der Waals surface area (Å²) in [6, 6.07) is 15.1. The van der Waals surface area contributed by atoms with Crippen LogP contribution in [0, 0.1) is 5.82 Å². The number of nitrogens with zero attached hydrogens (tertiary/aromatic N) is 3. The molecule has 0 fully saturated rings. The highest BCUT2D eigenvalue weighted by atomic mass is 35.5. The van der Waals surface area contributed by atoms with Gasteiger partial charge in [-0.15, -0.1) is 11.3 Å². The zero-order valence-corrected chi connectivity index (χ0v) is 18.8. The molecule has 0 unspecified atom stereocenters. The van der Waals surface area contributed by atoms with Gasteiger partial charge in [0.2, 0.25) is 5.91 Å². The highest BCUT2D eigenvalue weighted by Gasteiger charge is 2.18. The fraction of sp³-hybridized carbons (Fsp3) is 0.136. The molecule has 0 bridgehead atoms. The first-order valence-electron chi connectivity index (χ1n) is 9.30. The normalized spacial score (nSPS) is 11.1. The van der Waals surface area contributed by atoms with Gasteiger partial charge in [-0.1, -0.05) is 47.6 Å².